The maximum Gasteiger partial charge on any atom is 0.339 e. The predicted octanol–water partition coefficient (Wildman–Crippen LogP) is 1.10. The van der Waals surface area contributed by atoms with Crippen LogP contribution in [0.15, 0.2) is 12.4 Å². The maximum absolute atomic E-state index is 11.3. The molecule has 7 heteroatoms. The summed E-state index contributed by atoms with van der Waals surface area (Å²) in [6, 6.07) is -0.237. The highest BCUT2D eigenvalue weighted by atomic mass is 16.4. The minimum absolute atomic E-state index is 0.0737. The molecule has 0 spiro atoms. The fourth-order valence-electron chi connectivity index (χ4n) is 2.02. The Labute approximate surface area is 116 Å². The first-order valence-corrected chi connectivity index (χ1v) is 6.37. The molecule has 0 bridgehead atoms. The molecule has 1 atom stereocenters. The van der Waals surface area contributed by atoms with Crippen LogP contribution in [0.25, 0.3) is 11.0 Å². The Hall–Kier alpha value is -2.15. The number of nitrogens with one attached hydrogen (secondary N) is 1. The molecule has 2 aromatic rings. The van der Waals surface area contributed by atoms with Crippen LogP contribution in [0.4, 0.5) is 5.69 Å². The van der Waals surface area contributed by atoms with Crippen molar-refractivity contribution < 1.29 is 15.0 Å². The van der Waals surface area contributed by atoms with E-state index in [0.717, 1.165) is 0 Å². The number of carboxylic acid groups (broad SMARTS) is 1. The molecule has 0 amide bonds. The summed E-state index contributed by atoms with van der Waals surface area (Å²) in [7, 11) is 1.74. The van der Waals surface area contributed by atoms with Crippen molar-refractivity contribution in [2.45, 2.75) is 19.9 Å². The molecule has 0 aromatic carbocycles. The van der Waals surface area contributed by atoms with Crippen LogP contribution in [0.2, 0.25) is 0 Å². The number of aryl methyl sites for hydroxylation is 1. The third-order valence-electron chi connectivity index (χ3n) is 3.32. The van der Waals surface area contributed by atoms with E-state index in [4.69, 9.17) is 0 Å². The van der Waals surface area contributed by atoms with Crippen molar-refractivity contribution in [2.75, 3.05) is 11.9 Å². The van der Waals surface area contributed by atoms with E-state index < -0.39 is 5.97 Å². The summed E-state index contributed by atoms with van der Waals surface area (Å²) < 4.78 is 1.58. The Bertz CT molecular complexity index is 636. The lowest BCUT2D eigenvalue weighted by Gasteiger charge is -2.22. The number of pyridine rings is 1. The van der Waals surface area contributed by atoms with Crippen molar-refractivity contribution in [1.29, 1.82) is 0 Å². The highest BCUT2D eigenvalue weighted by Gasteiger charge is 2.20. The quantitative estimate of drug-likeness (QED) is 0.757. The number of aromatic nitrogens is 3. The van der Waals surface area contributed by atoms with Gasteiger partial charge in [-0.1, -0.05) is 13.8 Å². The predicted molar refractivity (Wildman–Crippen MR) is 74.8 cm³/mol. The van der Waals surface area contributed by atoms with Gasteiger partial charge in [-0.2, -0.15) is 5.10 Å². The molecule has 0 aliphatic carbocycles. The number of hydrogen-bond acceptors (Lipinski definition) is 5. The van der Waals surface area contributed by atoms with Crippen molar-refractivity contribution in [3.8, 4) is 0 Å². The second-order valence-electron chi connectivity index (χ2n) is 5.03. The van der Waals surface area contributed by atoms with Crippen LogP contribution in [0.1, 0.15) is 24.2 Å². The van der Waals surface area contributed by atoms with Gasteiger partial charge in [0.25, 0.3) is 0 Å². The van der Waals surface area contributed by atoms with Gasteiger partial charge in [0, 0.05) is 13.2 Å². The van der Waals surface area contributed by atoms with Crippen LogP contribution in [-0.2, 0) is 7.05 Å². The number of aliphatic hydroxyl groups is 1. The van der Waals surface area contributed by atoms with Gasteiger partial charge >= 0.3 is 5.97 Å². The van der Waals surface area contributed by atoms with Gasteiger partial charge in [-0.05, 0) is 5.92 Å². The lowest BCUT2D eigenvalue weighted by molar-refractivity contribution is 0.0697. The Morgan fingerprint density at radius 1 is 1.45 bits per heavy atom. The average Bonchev–Trinajstić information content (AvgIpc) is 2.77. The van der Waals surface area contributed by atoms with Gasteiger partial charge in [0.15, 0.2) is 5.65 Å². The van der Waals surface area contributed by atoms with Gasteiger partial charge in [-0.15, -0.1) is 0 Å². The maximum atomic E-state index is 11.3. The third-order valence-corrected chi connectivity index (χ3v) is 3.32. The molecule has 2 heterocycles. The van der Waals surface area contributed by atoms with Crippen molar-refractivity contribution in [3.63, 3.8) is 0 Å². The van der Waals surface area contributed by atoms with Crippen LogP contribution in [0.5, 0.6) is 0 Å². The summed E-state index contributed by atoms with van der Waals surface area (Å²) in [4.78, 5) is 15.5. The van der Waals surface area contributed by atoms with Gasteiger partial charge in [-0.3, -0.25) is 4.68 Å². The van der Waals surface area contributed by atoms with E-state index in [0.29, 0.717) is 16.7 Å². The molecule has 2 aromatic heterocycles. The van der Waals surface area contributed by atoms with Crippen LogP contribution in [0.3, 0.4) is 0 Å². The summed E-state index contributed by atoms with van der Waals surface area (Å²) in [6.45, 7) is 3.83. The molecule has 0 radical (unpaired) electrons. The summed E-state index contributed by atoms with van der Waals surface area (Å²) >= 11 is 0. The molecule has 0 aliphatic rings. The van der Waals surface area contributed by atoms with Crippen molar-refractivity contribution in [3.05, 3.63) is 18.0 Å². The van der Waals surface area contributed by atoms with Crippen molar-refractivity contribution in [1.82, 2.24) is 14.8 Å². The molecule has 1 unspecified atom stereocenters. The largest absolute Gasteiger partial charge is 0.478 e. The zero-order valence-corrected chi connectivity index (χ0v) is 11.7. The molecule has 0 aliphatic heterocycles. The Balaban J connectivity index is 2.57. The normalized spacial score (nSPS) is 12.8. The average molecular weight is 278 g/mol. The molecule has 108 valence electrons. The van der Waals surface area contributed by atoms with E-state index in [-0.39, 0.29) is 24.1 Å². The van der Waals surface area contributed by atoms with Gasteiger partial charge in [-0.25, -0.2) is 9.78 Å². The minimum atomic E-state index is -1.06. The van der Waals surface area contributed by atoms with E-state index >= 15 is 0 Å². The number of aromatic carboxylic acids is 1. The Kier molecular flexibility index (Phi) is 3.89. The van der Waals surface area contributed by atoms with E-state index in [1.807, 2.05) is 13.8 Å². The molecule has 20 heavy (non-hydrogen) atoms. The number of aliphatic hydroxyl groups excluding tert-OH is 1. The Morgan fingerprint density at radius 2 is 2.15 bits per heavy atom. The van der Waals surface area contributed by atoms with Crippen LogP contribution in [0, 0.1) is 5.92 Å². The minimum Gasteiger partial charge on any atom is -0.478 e. The molecule has 2 rings (SSSR count). The second-order valence-corrected chi connectivity index (χ2v) is 5.03. The molecule has 3 N–H and O–H groups in total. The highest BCUT2D eigenvalue weighted by Crippen LogP contribution is 2.27. The Morgan fingerprint density at radius 3 is 2.70 bits per heavy atom. The van der Waals surface area contributed by atoms with Gasteiger partial charge in [0.2, 0.25) is 0 Å². The third kappa shape index (κ3) is 2.44. The fraction of sp³-hybridized carbons (Fsp3) is 0.462. The van der Waals surface area contributed by atoms with Gasteiger partial charge in [0.1, 0.15) is 5.56 Å². The summed E-state index contributed by atoms with van der Waals surface area (Å²) in [5.74, 6) is -0.910. The molecular formula is C13H18N4O3. The van der Waals surface area contributed by atoms with Crippen molar-refractivity contribution >= 4 is 22.7 Å². The van der Waals surface area contributed by atoms with E-state index in [1.165, 1.54) is 6.20 Å². The SMILES string of the molecule is CC(C)C(CO)Nc1c(C(=O)O)cnc2c1cnn2C. The lowest BCUT2D eigenvalue weighted by atomic mass is 10.0. The van der Waals surface area contributed by atoms with Gasteiger partial charge < -0.3 is 15.5 Å². The smallest absolute Gasteiger partial charge is 0.339 e. The molecular weight excluding hydrogens is 260 g/mol. The number of carboxylic acids is 1. The second kappa shape index (κ2) is 5.46. The van der Waals surface area contributed by atoms with Crippen LogP contribution in [-0.4, -0.2) is 43.6 Å². The van der Waals surface area contributed by atoms with E-state index in [2.05, 4.69) is 15.4 Å². The highest BCUT2D eigenvalue weighted by molar-refractivity contribution is 6.03. The standard InChI is InChI=1S/C13H18N4O3/c1-7(2)10(6-18)16-11-8-5-15-17(3)12(8)14-4-9(11)13(19)20/h4-5,7,10,18H,6H2,1-3H3,(H,14,16)(H,19,20). The topological polar surface area (TPSA) is 100 Å². The summed E-state index contributed by atoms with van der Waals surface area (Å²) in [6.07, 6.45) is 2.88. The van der Waals surface area contributed by atoms with Gasteiger partial charge in [0.05, 0.1) is 29.9 Å². The first-order valence-electron chi connectivity index (χ1n) is 6.37. The number of nitrogens with zero attached hydrogens (tertiary/aromatic N) is 3. The molecule has 0 fully saturated rings. The number of rotatable bonds is 5. The monoisotopic (exact) mass is 278 g/mol. The zero-order valence-electron chi connectivity index (χ0n) is 11.7. The first kappa shape index (κ1) is 14.3. The van der Waals surface area contributed by atoms with E-state index in [9.17, 15) is 15.0 Å². The first-order chi connectivity index (χ1) is 9.45. The van der Waals surface area contributed by atoms with E-state index in [1.54, 1.807) is 17.9 Å². The van der Waals surface area contributed by atoms with Crippen molar-refractivity contribution in [2.24, 2.45) is 13.0 Å². The fourth-order valence-corrected chi connectivity index (χ4v) is 2.02. The molecule has 7 nitrogen and oxygen atoms in total. The number of hydrogen-bond donors (Lipinski definition) is 3. The van der Waals surface area contributed by atoms with Crippen LogP contribution >= 0.6 is 0 Å². The molecule has 0 saturated carbocycles. The lowest BCUT2D eigenvalue weighted by Crippen LogP contribution is -2.30. The summed E-state index contributed by atoms with van der Waals surface area (Å²) in [5, 5.41) is 26.5. The number of anilines is 1. The number of fused-ring (bicyclic) bond motifs is 1. The molecule has 0 saturated heterocycles. The summed E-state index contributed by atoms with van der Waals surface area (Å²) in [5.41, 5.74) is 1.12. The number of carbonyl (C=O) groups is 1. The zero-order chi connectivity index (χ0) is 14.9. The van der Waals surface area contributed by atoms with Crippen LogP contribution < -0.4 is 5.32 Å².